The van der Waals surface area contributed by atoms with Gasteiger partial charge in [-0.2, -0.15) is 0 Å². The van der Waals surface area contributed by atoms with Crippen molar-refractivity contribution in [2.75, 3.05) is 44.8 Å². The first kappa shape index (κ1) is 22.1. The van der Waals surface area contributed by atoms with Crippen molar-refractivity contribution in [3.63, 3.8) is 0 Å². The van der Waals surface area contributed by atoms with Crippen molar-refractivity contribution in [1.82, 2.24) is 15.5 Å². The van der Waals surface area contributed by atoms with E-state index in [1.165, 1.54) is 7.11 Å². The summed E-state index contributed by atoms with van der Waals surface area (Å²) < 4.78 is 5.24. The zero-order valence-electron chi connectivity index (χ0n) is 16.5. The molecule has 0 radical (unpaired) electrons. The molecule has 0 bridgehead atoms. The standard InChI is InChI=1S/C19H26Cl2N4O4/c1-19(17(27)22-18(28)23-19)10-12(11-29-2)16(26)25-5-3-24(4-6-25)15-8-13(20)7-14(21)9-15/h7-9,12,18,23,28H,3-6,10-11H2,1-2H3,(H,22,27). The van der Waals surface area contributed by atoms with Crippen LogP contribution >= 0.6 is 23.2 Å². The SMILES string of the molecule is COCC(CC1(C)NC(O)NC1=O)C(=O)N1CCN(c2cc(Cl)cc(Cl)c2)CC1. The summed E-state index contributed by atoms with van der Waals surface area (Å²) in [7, 11) is 1.53. The van der Waals surface area contributed by atoms with E-state index >= 15 is 0 Å². The molecular weight excluding hydrogens is 419 g/mol. The third-order valence-corrected chi connectivity index (χ3v) is 5.84. The number of ether oxygens (including phenoxy) is 1. The number of rotatable bonds is 6. The Labute approximate surface area is 180 Å². The number of aliphatic hydroxyl groups excluding tert-OH is 1. The molecule has 2 amide bonds. The zero-order chi connectivity index (χ0) is 21.2. The summed E-state index contributed by atoms with van der Waals surface area (Å²) in [6, 6.07) is 5.40. The third-order valence-electron chi connectivity index (χ3n) is 5.40. The van der Waals surface area contributed by atoms with Crippen molar-refractivity contribution in [1.29, 1.82) is 0 Å². The van der Waals surface area contributed by atoms with Gasteiger partial charge in [-0.1, -0.05) is 23.2 Å². The van der Waals surface area contributed by atoms with Crippen LogP contribution in [0.2, 0.25) is 10.0 Å². The molecule has 29 heavy (non-hydrogen) atoms. The van der Waals surface area contributed by atoms with Gasteiger partial charge >= 0.3 is 0 Å². The highest BCUT2D eigenvalue weighted by molar-refractivity contribution is 6.35. The average Bonchev–Trinajstić information content (AvgIpc) is 2.91. The first-order valence-corrected chi connectivity index (χ1v) is 10.2. The first-order chi connectivity index (χ1) is 13.7. The highest BCUT2D eigenvalue weighted by Gasteiger charge is 2.45. The van der Waals surface area contributed by atoms with Crippen molar-refractivity contribution >= 4 is 40.7 Å². The molecule has 160 valence electrons. The Bertz CT molecular complexity index is 752. The highest BCUT2D eigenvalue weighted by Crippen LogP contribution is 2.27. The normalized spacial score (nSPS) is 25.8. The van der Waals surface area contributed by atoms with Crippen LogP contribution in [-0.4, -0.2) is 73.6 Å². The molecule has 2 heterocycles. The lowest BCUT2D eigenvalue weighted by Crippen LogP contribution is -2.53. The maximum Gasteiger partial charge on any atom is 0.243 e. The van der Waals surface area contributed by atoms with Crippen molar-refractivity contribution in [3.8, 4) is 0 Å². The number of carbonyl (C=O) groups excluding carboxylic acids is 2. The predicted molar refractivity (Wildman–Crippen MR) is 111 cm³/mol. The lowest BCUT2D eigenvalue weighted by Gasteiger charge is -2.38. The van der Waals surface area contributed by atoms with Gasteiger partial charge in [0.1, 0.15) is 0 Å². The maximum atomic E-state index is 13.1. The van der Waals surface area contributed by atoms with Gasteiger partial charge in [0.15, 0.2) is 6.35 Å². The fourth-order valence-corrected chi connectivity index (χ4v) is 4.43. The van der Waals surface area contributed by atoms with Gasteiger partial charge in [-0.05, 0) is 31.5 Å². The lowest BCUT2D eigenvalue weighted by atomic mass is 9.88. The van der Waals surface area contributed by atoms with Crippen LogP contribution in [0.4, 0.5) is 5.69 Å². The molecule has 0 saturated carbocycles. The van der Waals surface area contributed by atoms with Crippen LogP contribution in [0.1, 0.15) is 13.3 Å². The minimum atomic E-state index is -1.11. The first-order valence-electron chi connectivity index (χ1n) is 9.47. The Hall–Kier alpha value is -1.58. The molecule has 8 nitrogen and oxygen atoms in total. The summed E-state index contributed by atoms with van der Waals surface area (Å²) in [5.74, 6) is -0.893. The Morgan fingerprint density at radius 2 is 1.90 bits per heavy atom. The molecule has 2 saturated heterocycles. The monoisotopic (exact) mass is 444 g/mol. The van der Waals surface area contributed by atoms with Gasteiger partial charge in [-0.3, -0.25) is 14.9 Å². The Morgan fingerprint density at radius 1 is 1.28 bits per heavy atom. The Morgan fingerprint density at radius 3 is 2.41 bits per heavy atom. The Balaban J connectivity index is 1.63. The number of aliphatic hydroxyl groups is 1. The molecule has 3 atom stereocenters. The topological polar surface area (TPSA) is 94.1 Å². The second-order valence-electron chi connectivity index (χ2n) is 7.65. The summed E-state index contributed by atoms with van der Waals surface area (Å²) in [6.45, 7) is 4.26. The van der Waals surface area contributed by atoms with E-state index in [9.17, 15) is 14.7 Å². The van der Waals surface area contributed by atoms with E-state index in [0.29, 0.717) is 36.2 Å². The van der Waals surface area contributed by atoms with Gasteiger partial charge in [0, 0.05) is 49.0 Å². The number of methoxy groups -OCH3 is 1. The molecule has 3 N–H and O–H groups in total. The van der Waals surface area contributed by atoms with E-state index in [-0.39, 0.29) is 24.8 Å². The van der Waals surface area contributed by atoms with E-state index in [0.717, 1.165) is 5.69 Å². The largest absolute Gasteiger partial charge is 0.384 e. The molecule has 0 spiro atoms. The smallest absolute Gasteiger partial charge is 0.243 e. The molecule has 3 rings (SSSR count). The van der Waals surface area contributed by atoms with Crippen LogP contribution < -0.4 is 15.5 Å². The number of anilines is 1. The van der Waals surface area contributed by atoms with Crippen LogP contribution in [0.15, 0.2) is 18.2 Å². The van der Waals surface area contributed by atoms with Gasteiger partial charge in [0.05, 0.1) is 18.1 Å². The molecule has 3 unspecified atom stereocenters. The molecule has 2 aliphatic heterocycles. The van der Waals surface area contributed by atoms with Crippen LogP contribution in [0.25, 0.3) is 0 Å². The fourth-order valence-electron chi connectivity index (χ4n) is 3.92. The molecule has 1 aromatic rings. The minimum absolute atomic E-state index is 0.0622. The van der Waals surface area contributed by atoms with Crippen LogP contribution in [-0.2, 0) is 14.3 Å². The number of halogens is 2. The summed E-state index contributed by atoms with van der Waals surface area (Å²) in [5.41, 5.74) is -0.103. The summed E-state index contributed by atoms with van der Waals surface area (Å²) >= 11 is 12.2. The number of amides is 2. The predicted octanol–water partition coefficient (Wildman–Crippen LogP) is 1.05. The van der Waals surface area contributed by atoms with Crippen molar-refractivity contribution in [2.24, 2.45) is 5.92 Å². The number of hydrogen-bond acceptors (Lipinski definition) is 6. The third kappa shape index (κ3) is 5.13. The lowest BCUT2D eigenvalue weighted by molar-refractivity contribution is -0.139. The number of hydrogen-bond donors (Lipinski definition) is 3. The molecule has 0 aliphatic carbocycles. The van der Waals surface area contributed by atoms with Gasteiger partial charge in [-0.15, -0.1) is 0 Å². The molecule has 10 heteroatoms. The summed E-state index contributed by atoms with van der Waals surface area (Å²) in [4.78, 5) is 29.2. The van der Waals surface area contributed by atoms with Crippen LogP contribution in [0, 0.1) is 5.92 Å². The van der Waals surface area contributed by atoms with E-state index in [1.807, 2.05) is 12.1 Å². The zero-order valence-corrected chi connectivity index (χ0v) is 18.0. The van der Waals surface area contributed by atoms with E-state index < -0.39 is 17.8 Å². The highest BCUT2D eigenvalue weighted by atomic mass is 35.5. The molecule has 1 aromatic carbocycles. The number of benzene rings is 1. The molecule has 2 aliphatic rings. The second-order valence-corrected chi connectivity index (χ2v) is 8.52. The molecular formula is C19H26Cl2N4O4. The van der Waals surface area contributed by atoms with Crippen LogP contribution in [0.3, 0.4) is 0 Å². The minimum Gasteiger partial charge on any atom is -0.384 e. The average molecular weight is 445 g/mol. The second kappa shape index (κ2) is 9.06. The van der Waals surface area contributed by atoms with Gasteiger partial charge in [0.25, 0.3) is 0 Å². The van der Waals surface area contributed by atoms with Gasteiger partial charge in [0.2, 0.25) is 11.8 Å². The van der Waals surface area contributed by atoms with Gasteiger partial charge in [-0.25, -0.2) is 0 Å². The summed E-state index contributed by atoms with van der Waals surface area (Å²) in [6.07, 6.45) is -0.883. The van der Waals surface area contributed by atoms with E-state index in [1.54, 1.807) is 17.9 Å². The number of nitrogens with one attached hydrogen (secondary N) is 2. The molecule has 0 aromatic heterocycles. The Kier molecular flexibility index (Phi) is 6.90. The molecule has 2 fully saturated rings. The fraction of sp³-hybridized carbons (Fsp3) is 0.579. The van der Waals surface area contributed by atoms with E-state index in [2.05, 4.69) is 15.5 Å². The number of carbonyl (C=O) groups is 2. The van der Waals surface area contributed by atoms with Crippen molar-refractivity contribution < 1.29 is 19.4 Å². The summed E-state index contributed by atoms with van der Waals surface area (Å²) in [5, 5.41) is 16.0. The van der Waals surface area contributed by atoms with E-state index in [4.69, 9.17) is 27.9 Å². The number of piperazine rings is 1. The number of nitrogens with zero attached hydrogens (tertiary/aromatic N) is 2. The van der Waals surface area contributed by atoms with Crippen molar-refractivity contribution in [3.05, 3.63) is 28.2 Å². The van der Waals surface area contributed by atoms with Crippen molar-refractivity contribution in [2.45, 2.75) is 25.2 Å². The maximum absolute atomic E-state index is 13.1. The van der Waals surface area contributed by atoms with Crippen LogP contribution in [0.5, 0.6) is 0 Å². The quantitative estimate of drug-likeness (QED) is 0.606. The van der Waals surface area contributed by atoms with Gasteiger partial charge < -0.3 is 25.0 Å².